The van der Waals surface area contributed by atoms with E-state index in [4.69, 9.17) is 4.74 Å². The molecule has 0 radical (unpaired) electrons. The van der Waals surface area contributed by atoms with Crippen LogP contribution in [0.25, 0.3) is 0 Å². The van der Waals surface area contributed by atoms with Gasteiger partial charge in [-0.1, -0.05) is 30.3 Å². The molecule has 1 aromatic carbocycles. The van der Waals surface area contributed by atoms with Crippen LogP contribution in [0.1, 0.15) is 5.56 Å². The Hall–Kier alpha value is -0.510. The Morgan fingerprint density at radius 2 is 1.93 bits per heavy atom. The Kier molecular flexibility index (Phi) is 7.57. The maximum absolute atomic E-state index is 5.10. The van der Waals surface area contributed by atoms with Crippen LogP contribution in [0, 0.1) is 0 Å². The molecular weight excluding hydrogens is 194 g/mol. The topological polar surface area (TPSA) is 21.3 Å². The summed E-state index contributed by atoms with van der Waals surface area (Å²) in [5, 5.41) is 3.23. The summed E-state index contributed by atoms with van der Waals surface area (Å²) in [6.45, 7) is 0.755. The molecule has 0 aliphatic carbocycles. The van der Waals surface area contributed by atoms with Crippen LogP contribution in [0.5, 0.6) is 0 Å². The normalized spacial score (nSPS) is 11.9. The molecule has 1 N–H and O–H groups in total. The minimum atomic E-state index is 0. The summed E-state index contributed by atoms with van der Waals surface area (Å²) in [7, 11) is 3.70. The van der Waals surface area contributed by atoms with E-state index < -0.39 is 0 Å². The van der Waals surface area contributed by atoms with E-state index in [9.17, 15) is 0 Å². The molecule has 0 bridgehead atoms. The second-order valence-electron chi connectivity index (χ2n) is 3.13. The first kappa shape index (κ1) is 13.5. The van der Waals surface area contributed by atoms with E-state index >= 15 is 0 Å². The van der Waals surface area contributed by atoms with Crippen LogP contribution in [0.3, 0.4) is 0 Å². The first-order valence-corrected chi connectivity index (χ1v) is 4.57. The second kappa shape index (κ2) is 7.85. The lowest BCUT2D eigenvalue weighted by Gasteiger charge is -2.14. The Morgan fingerprint density at radius 3 is 2.43 bits per heavy atom. The lowest BCUT2D eigenvalue weighted by atomic mass is 10.1. The number of ether oxygens (including phenoxy) is 1. The third-order valence-corrected chi connectivity index (χ3v) is 2.10. The molecule has 0 heterocycles. The Bertz CT molecular complexity index is 228. The smallest absolute Gasteiger partial charge is 0.0618 e. The van der Waals surface area contributed by atoms with Crippen molar-refractivity contribution in [2.45, 2.75) is 12.5 Å². The summed E-state index contributed by atoms with van der Waals surface area (Å²) in [6.07, 6.45) is 1.02. The van der Waals surface area contributed by atoms with Gasteiger partial charge in [-0.15, -0.1) is 0 Å². The van der Waals surface area contributed by atoms with Crippen LogP contribution < -0.4 is 5.32 Å². The Labute approximate surface area is 93.1 Å². The van der Waals surface area contributed by atoms with Crippen LogP contribution in [0.15, 0.2) is 30.3 Å². The first-order valence-electron chi connectivity index (χ1n) is 4.57. The van der Waals surface area contributed by atoms with Gasteiger partial charge in [0.15, 0.2) is 0 Å². The number of hydrogen-bond acceptors (Lipinski definition) is 2. The quantitative estimate of drug-likeness (QED) is 0.802. The van der Waals surface area contributed by atoms with E-state index in [-0.39, 0.29) is 13.5 Å². The molecule has 2 nitrogen and oxygen atoms in total. The summed E-state index contributed by atoms with van der Waals surface area (Å²) in [6, 6.07) is 10.9. The standard InChI is InChI=1S/C11H17NO.H2S/c1-12-11(9-13-2)8-10-6-4-3-5-7-10;/h3-7,11-12H,8-9H2,1-2H3;1H2/t11-;/m0./s1. The molecule has 14 heavy (non-hydrogen) atoms. The van der Waals surface area contributed by atoms with Crippen molar-refractivity contribution in [2.24, 2.45) is 0 Å². The minimum Gasteiger partial charge on any atom is -0.383 e. The zero-order valence-electron chi connectivity index (χ0n) is 8.79. The van der Waals surface area contributed by atoms with Crippen molar-refractivity contribution in [2.75, 3.05) is 20.8 Å². The van der Waals surface area contributed by atoms with Gasteiger partial charge < -0.3 is 10.1 Å². The summed E-state index contributed by atoms with van der Waals surface area (Å²) < 4.78 is 5.10. The minimum absolute atomic E-state index is 0. The van der Waals surface area contributed by atoms with Gasteiger partial charge in [0, 0.05) is 13.2 Å². The fourth-order valence-corrected chi connectivity index (χ4v) is 1.34. The van der Waals surface area contributed by atoms with Crippen molar-refractivity contribution < 1.29 is 4.74 Å². The van der Waals surface area contributed by atoms with Gasteiger partial charge in [-0.05, 0) is 19.0 Å². The zero-order valence-corrected chi connectivity index (χ0v) is 9.79. The molecule has 0 unspecified atom stereocenters. The van der Waals surface area contributed by atoms with E-state index in [1.54, 1.807) is 7.11 Å². The predicted molar refractivity (Wildman–Crippen MR) is 65.3 cm³/mol. The third kappa shape index (κ3) is 4.65. The predicted octanol–water partition coefficient (Wildman–Crippen LogP) is 1.58. The molecular formula is C11H19NOS. The Balaban J connectivity index is 0.00000169. The number of rotatable bonds is 5. The van der Waals surface area contributed by atoms with Crippen LogP contribution in [0.2, 0.25) is 0 Å². The average Bonchev–Trinajstić information content (AvgIpc) is 2.19. The lowest BCUT2D eigenvalue weighted by molar-refractivity contribution is 0.169. The molecule has 80 valence electrons. The number of likely N-dealkylation sites (N-methyl/N-ethyl adjacent to an activating group) is 1. The van der Waals surface area contributed by atoms with Gasteiger partial charge in [0.1, 0.15) is 0 Å². The molecule has 0 spiro atoms. The maximum Gasteiger partial charge on any atom is 0.0618 e. The van der Waals surface area contributed by atoms with Crippen LogP contribution in [0.4, 0.5) is 0 Å². The average molecular weight is 213 g/mol. The highest BCUT2D eigenvalue weighted by atomic mass is 32.1. The number of nitrogens with one attached hydrogen (secondary N) is 1. The van der Waals surface area contributed by atoms with Crippen LogP contribution in [-0.4, -0.2) is 26.8 Å². The van der Waals surface area contributed by atoms with Crippen molar-refractivity contribution in [3.8, 4) is 0 Å². The van der Waals surface area contributed by atoms with E-state index in [2.05, 4.69) is 29.6 Å². The largest absolute Gasteiger partial charge is 0.383 e. The SMILES string of the molecule is CN[C@H](COC)Cc1ccccc1.S. The fourth-order valence-electron chi connectivity index (χ4n) is 1.34. The highest BCUT2D eigenvalue weighted by Gasteiger charge is 2.05. The molecule has 0 aliphatic rings. The van der Waals surface area contributed by atoms with Gasteiger partial charge >= 0.3 is 0 Å². The van der Waals surface area contributed by atoms with Crippen LogP contribution in [-0.2, 0) is 11.2 Å². The third-order valence-electron chi connectivity index (χ3n) is 2.10. The van der Waals surface area contributed by atoms with Crippen molar-refractivity contribution in [1.82, 2.24) is 5.32 Å². The van der Waals surface area contributed by atoms with Crippen molar-refractivity contribution >= 4 is 13.5 Å². The molecule has 1 rings (SSSR count). The molecule has 0 saturated carbocycles. The molecule has 0 amide bonds. The molecule has 1 atom stereocenters. The van der Waals surface area contributed by atoms with E-state index in [0.29, 0.717) is 6.04 Å². The number of methoxy groups -OCH3 is 1. The van der Waals surface area contributed by atoms with Crippen molar-refractivity contribution in [3.63, 3.8) is 0 Å². The number of benzene rings is 1. The van der Waals surface area contributed by atoms with Gasteiger partial charge in [-0.2, -0.15) is 13.5 Å². The Morgan fingerprint density at radius 1 is 1.29 bits per heavy atom. The maximum atomic E-state index is 5.10. The first-order chi connectivity index (χ1) is 6.36. The van der Waals surface area contributed by atoms with Crippen LogP contribution >= 0.6 is 13.5 Å². The molecule has 1 aromatic rings. The van der Waals surface area contributed by atoms with Gasteiger partial charge in [0.25, 0.3) is 0 Å². The molecule has 0 aromatic heterocycles. The van der Waals surface area contributed by atoms with Gasteiger partial charge in [-0.25, -0.2) is 0 Å². The lowest BCUT2D eigenvalue weighted by Crippen LogP contribution is -2.31. The van der Waals surface area contributed by atoms with Crippen molar-refractivity contribution in [1.29, 1.82) is 0 Å². The van der Waals surface area contributed by atoms with E-state index in [0.717, 1.165) is 13.0 Å². The fraction of sp³-hybridized carbons (Fsp3) is 0.455. The molecule has 0 aliphatic heterocycles. The molecule has 3 heteroatoms. The second-order valence-corrected chi connectivity index (χ2v) is 3.13. The van der Waals surface area contributed by atoms with E-state index in [1.165, 1.54) is 5.56 Å². The van der Waals surface area contributed by atoms with E-state index in [1.807, 2.05) is 13.1 Å². The highest BCUT2D eigenvalue weighted by Crippen LogP contribution is 2.02. The number of hydrogen-bond donors (Lipinski definition) is 1. The van der Waals surface area contributed by atoms with Gasteiger partial charge in [-0.3, -0.25) is 0 Å². The monoisotopic (exact) mass is 213 g/mol. The highest BCUT2D eigenvalue weighted by molar-refractivity contribution is 7.59. The zero-order chi connectivity index (χ0) is 9.52. The van der Waals surface area contributed by atoms with Gasteiger partial charge in [0.05, 0.1) is 6.61 Å². The summed E-state index contributed by atoms with van der Waals surface area (Å²) >= 11 is 0. The summed E-state index contributed by atoms with van der Waals surface area (Å²) in [5.41, 5.74) is 1.35. The molecule has 0 fully saturated rings. The summed E-state index contributed by atoms with van der Waals surface area (Å²) in [5.74, 6) is 0. The van der Waals surface area contributed by atoms with Crippen molar-refractivity contribution in [3.05, 3.63) is 35.9 Å². The molecule has 0 saturated heterocycles. The van der Waals surface area contributed by atoms with Gasteiger partial charge in [0.2, 0.25) is 0 Å². The summed E-state index contributed by atoms with van der Waals surface area (Å²) in [4.78, 5) is 0.